The topological polar surface area (TPSA) is 67.5 Å². The number of fused-ring (bicyclic) bond motifs is 1. The van der Waals surface area contributed by atoms with Crippen molar-refractivity contribution >= 4 is 23.2 Å². The smallest absolute Gasteiger partial charge is 0.232 e. The number of carbonyl (C=O) groups excluding carboxylic acids is 1. The Labute approximate surface area is 215 Å². The van der Waals surface area contributed by atoms with E-state index in [2.05, 4.69) is 17.1 Å². The molecule has 0 fully saturated rings. The summed E-state index contributed by atoms with van der Waals surface area (Å²) in [6.07, 6.45) is 4.79. The molecule has 0 spiro atoms. The molecular formula is C29H28ClN3O3. The lowest BCUT2D eigenvalue weighted by Gasteiger charge is -2.38. The molecular weight excluding hydrogens is 474 g/mol. The average Bonchev–Trinajstić information content (AvgIpc) is 3.43. The third kappa shape index (κ3) is 4.56. The minimum Gasteiger partial charge on any atom is -0.493 e. The Bertz CT molecular complexity index is 1350. The van der Waals surface area contributed by atoms with E-state index < -0.39 is 0 Å². The number of ether oxygens (including phenoxy) is 2. The number of H-pyrrole nitrogens is 1. The zero-order valence-electron chi connectivity index (χ0n) is 20.5. The predicted molar refractivity (Wildman–Crippen MR) is 142 cm³/mol. The number of aromatic nitrogens is 2. The molecule has 6 nitrogen and oxygen atoms in total. The number of anilines is 1. The maximum absolute atomic E-state index is 13.6. The average molecular weight is 502 g/mol. The van der Waals surface area contributed by atoms with Crippen LogP contribution in [0.3, 0.4) is 0 Å². The molecule has 1 aromatic heterocycles. The fourth-order valence-electron chi connectivity index (χ4n) is 4.60. The van der Waals surface area contributed by atoms with Gasteiger partial charge in [-0.3, -0.25) is 9.89 Å². The van der Waals surface area contributed by atoms with Gasteiger partial charge in [0.1, 0.15) is 0 Å². The molecule has 1 aliphatic rings. The van der Waals surface area contributed by atoms with Crippen LogP contribution in [0.2, 0.25) is 5.02 Å². The summed E-state index contributed by atoms with van der Waals surface area (Å²) in [4.78, 5) is 15.5. The maximum Gasteiger partial charge on any atom is 0.232 e. The summed E-state index contributed by atoms with van der Waals surface area (Å²) in [7, 11) is 1.63. The van der Waals surface area contributed by atoms with E-state index >= 15 is 0 Å². The van der Waals surface area contributed by atoms with E-state index in [0.717, 1.165) is 39.9 Å². The number of nitrogens with one attached hydrogen (secondary N) is 1. The van der Waals surface area contributed by atoms with Crippen molar-refractivity contribution < 1.29 is 14.3 Å². The Morgan fingerprint density at radius 2 is 1.83 bits per heavy atom. The van der Waals surface area contributed by atoms with Crippen molar-refractivity contribution in [3.63, 3.8) is 0 Å². The van der Waals surface area contributed by atoms with Crippen LogP contribution in [-0.4, -0.2) is 29.3 Å². The van der Waals surface area contributed by atoms with Crippen LogP contribution >= 0.6 is 11.6 Å². The first-order valence-electron chi connectivity index (χ1n) is 12.0. The van der Waals surface area contributed by atoms with Crippen LogP contribution in [-0.2, 0) is 11.2 Å². The van der Waals surface area contributed by atoms with Gasteiger partial charge in [-0.1, -0.05) is 42.8 Å². The van der Waals surface area contributed by atoms with Gasteiger partial charge in [0.15, 0.2) is 11.5 Å². The second-order valence-electron chi connectivity index (χ2n) is 8.97. The fourth-order valence-corrected chi connectivity index (χ4v) is 4.72. The van der Waals surface area contributed by atoms with E-state index in [9.17, 15) is 4.79 Å². The van der Waals surface area contributed by atoms with Gasteiger partial charge in [0.25, 0.3) is 0 Å². The van der Waals surface area contributed by atoms with Gasteiger partial charge in [-0.2, -0.15) is 5.10 Å². The zero-order chi connectivity index (χ0) is 25.2. The van der Waals surface area contributed by atoms with Gasteiger partial charge >= 0.3 is 0 Å². The van der Waals surface area contributed by atoms with Crippen molar-refractivity contribution in [2.75, 3.05) is 12.0 Å². The standard InChI is InChI=1S/C29H28ClN3O3/c1-4-18(2)36-27-15-25-21(13-26(27)35-3)14-28(34)33(29(25)20-5-9-23(30)10-6-20)24-11-7-19(8-12-24)22-16-31-32-17-22/h5-13,15-18,29H,4,14H2,1-3H3,(H,31,32). The minimum atomic E-state index is -0.344. The molecule has 7 heteroatoms. The van der Waals surface area contributed by atoms with E-state index in [1.165, 1.54) is 0 Å². The summed E-state index contributed by atoms with van der Waals surface area (Å²) in [6, 6.07) is 19.3. The normalized spacial score (nSPS) is 15.9. The zero-order valence-corrected chi connectivity index (χ0v) is 21.3. The predicted octanol–water partition coefficient (Wildman–Crippen LogP) is 6.59. The number of rotatable bonds is 7. The van der Waals surface area contributed by atoms with Crippen molar-refractivity contribution in [1.29, 1.82) is 0 Å². The van der Waals surface area contributed by atoms with E-state index in [1.54, 1.807) is 13.3 Å². The highest BCUT2D eigenvalue weighted by molar-refractivity contribution is 6.30. The van der Waals surface area contributed by atoms with Crippen molar-refractivity contribution in [2.24, 2.45) is 0 Å². The lowest BCUT2D eigenvalue weighted by atomic mass is 9.86. The Morgan fingerprint density at radius 1 is 1.08 bits per heavy atom. The first kappa shape index (κ1) is 23.9. The molecule has 0 saturated carbocycles. The number of methoxy groups -OCH3 is 1. The summed E-state index contributed by atoms with van der Waals surface area (Å²) in [5.41, 5.74) is 5.74. The Morgan fingerprint density at radius 3 is 2.47 bits per heavy atom. The summed E-state index contributed by atoms with van der Waals surface area (Å²) < 4.78 is 11.9. The van der Waals surface area contributed by atoms with E-state index in [0.29, 0.717) is 16.5 Å². The summed E-state index contributed by atoms with van der Waals surface area (Å²) in [5, 5.41) is 7.52. The van der Waals surface area contributed by atoms with Crippen LogP contribution in [0.4, 0.5) is 5.69 Å². The van der Waals surface area contributed by atoms with Crippen molar-refractivity contribution in [3.8, 4) is 22.6 Å². The highest BCUT2D eigenvalue weighted by Crippen LogP contribution is 2.44. The van der Waals surface area contributed by atoms with Gasteiger partial charge in [0.05, 0.1) is 31.9 Å². The molecule has 4 aromatic rings. The second kappa shape index (κ2) is 10.1. The number of aromatic amines is 1. The number of carbonyl (C=O) groups is 1. The van der Waals surface area contributed by atoms with Gasteiger partial charge in [-0.15, -0.1) is 0 Å². The van der Waals surface area contributed by atoms with E-state index in [1.807, 2.05) is 78.7 Å². The molecule has 36 heavy (non-hydrogen) atoms. The Kier molecular flexibility index (Phi) is 6.70. The molecule has 1 aliphatic heterocycles. The van der Waals surface area contributed by atoms with Crippen LogP contribution in [0, 0.1) is 0 Å². The highest BCUT2D eigenvalue weighted by Gasteiger charge is 2.36. The molecule has 5 rings (SSSR count). The van der Waals surface area contributed by atoms with Crippen LogP contribution in [0.1, 0.15) is 43.0 Å². The van der Waals surface area contributed by atoms with Gasteiger partial charge in [-0.25, -0.2) is 0 Å². The summed E-state index contributed by atoms with van der Waals surface area (Å²) >= 11 is 6.21. The van der Waals surface area contributed by atoms with Crippen molar-refractivity contribution in [3.05, 3.63) is 94.8 Å². The quantitative estimate of drug-likeness (QED) is 0.310. The monoisotopic (exact) mass is 501 g/mol. The number of benzene rings is 3. The minimum absolute atomic E-state index is 0.0103. The largest absolute Gasteiger partial charge is 0.493 e. The Hall–Kier alpha value is -3.77. The van der Waals surface area contributed by atoms with Crippen molar-refractivity contribution in [2.45, 2.75) is 38.8 Å². The molecule has 1 N–H and O–H groups in total. The van der Waals surface area contributed by atoms with Crippen LogP contribution in [0.15, 0.2) is 73.1 Å². The third-order valence-electron chi connectivity index (χ3n) is 6.65. The van der Waals surface area contributed by atoms with Crippen LogP contribution in [0.5, 0.6) is 11.5 Å². The molecule has 1 amide bonds. The second-order valence-corrected chi connectivity index (χ2v) is 9.40. The number of halogens is 1. The molecule has 0 radical (unpaired) electrons. The highest BCUT2D eigenvalue weighted by atomic mass is 35.5. The molecule has 2 heterocycles. The fraction of sp³-hybridized carbons (Fsp3) is 0.241. The summed E-state index contributed by atoms with van der Waals surface area (Å²) in [6.45, 7) is 4.12. The lowest BCUT2D eigenvalue weighted by Crippen LogP contribution is -2.41. The van der Waals surface area contributed by atoms with Crippen molar-refractivity contribution in [1.82, 2.24) is 10.2 Å². The lowest BCUT2D eigenvalue weighted by molar-refractivity contribution is -0.118. The molecule has 3 aromatic carbocycles. The molecule has 2 unspecified atom stereocenters. The van der Waals surface area contributed by atoms with Gasteiger partial charge < -0.3 is 14.4 Å². The molecule has 2 atom stereocenters. The first-order valence-corrected chi connectivity index (χ1v) is 12.4. The van der Waals surface area contributed by atoms with Crippen LogP contribution in [0.25, 0.3) is 11.1 Å². The van der Waals surface area contributed by atoms with Crippen LogP contribution < -0.4 is 14.4 Å². The van der Waals surface area contributed by atoms with Gasteiger partial charge in [-0.05, 0) is 72.0 Å². The maximum atomic E-state index is 13.6. The first-order chi connectivity index (χ1) is 17.5. The van der Waals surface area contributed by atoms with Gasteiger partial charge in [0.2, 0.25) is 5.91 Å². The molecule has 0 saturated heterocycles. The number of hydrogen-bond donors (Lipinski definition) is 1. The van der Waals surface area contributed by atoms with E-state index in [-0.39, 0.29) is 24.5 Å². The van der Waals surface area contributed by atoms with Gasteiger partial charge in [0, 0.05) is 22.5 Å². The molecule has 184 valence electrons. The summed E-state index contributed by atoms with van der Waals surface area (Å²) in [5.74, 6) is 1.32. The number of nitrogens with zero attached hydrogens (tertiary/aromatic N) is 2. The molecule has 0 aliphatic carbocycles. The third-order valence-corrected chi connectivity index (χ3v) is 6.91. The van der Waals surface area contributed by atoms with E-state index in [4.69, 9.17) is 21.1 Å². The number of hydrogen-bond acceptors (Lipinski definition) is 4. The Balaban J connectivity index is 1.64. The number of amides is 1. The molecule has 0 bridgehead atoms. The SMILES string of the molecule is CCC(C)Oc1cc2c(cc1OC)CC(=O)N(c1ccc(-c3cn[nH]c3)cc1)C2c1ccc(Cl)cc1.